The van der Waals surface area contributed by atoms with Gasteiger partial charge in [0.2, 0.25) is 0 Å². The highest BCUT2D eigenvalue weighted by Crippen LogP contribution is 2.50. The molecule has 26 heteroatoms. The average Bonchev–Trinajstić information content (AvgIpc) is 1.64. The highest BCUT2D eigenvalue weighted by molar-refractivity contribution is 7.22. The SMILES string of the molecule is CC(C)(C)OC(=O)CNC(=O)c1cc(F)c2nc(N3C4CCC3CC(NCc3c(-c5c(Cl)cccc5Cl)noc3C3CC3)C4)sc2c1.O=C(O)CNC(=O)c1cc(F)c2nc(N3C4CCC3CC(NCc3c(-c5c(Cl)cccc5Cl)noc3C3CC3)C4)sc2c1. The second-order valence-corrected chi connectivity index (χ2v) is 28.8. The van der Waals surface area contributed by atoms with E-state index >= 15 is 4.39 Å². The summed E-state index contributed by atoms with van der Waals surface area (Å²) in [7, 11) is 0. The molecule has 6 aliphatic rings. The quantitative estimate of drug-likeness (QED) is 0.0503. The standard InChI is InChI=1S/C34H36Cl2FN5O4S.C30H28Cl2FN5O4S/c1-34(2,3)45-27(43)16-39-32(44)18-11-25(37)30-26(12-18)47-33(40-30)42-20-9-10-21(42)14-19(13-20)38-15-22-29(41-46-31(22)17-7-8-17)28-23(35)5-4-6-24(28)36;31-20-2-1-3-21(32)25(20)26-19(28(42-37-26)14-4-5-14)12-34-16-10-17-6-7-18(11-16)38(17)30-36-27-22(33)8-15(9-23(27)43-30)29(41)35-13-24(39)40/h4-6,11-12,17,19-21,38H,7-10,13-16H2,1-3H3,(H,39,44);1-3,8-9,14,16-18,34H,4-7,10-13H2,(H,35,41)(H,39,40). The molecule has 0 spiro atoms. The van der Waals surface area contributed by atoms with Crippen molar-refractivity contribution in [2.75, 3.05) is 22.9 Å². The van der Waals surface area contributed by atoms with Crippen LogP contribution in [-0.2, 0) is 27.4 Å². The van der Waals surface area contributed by atoms with Crippen LogP contribution in [0, 0.1) is 11.6 Å². The first-order valence-corrected chi connectivity index (χ1v) is 33.5. The third-order valence-electron chi connectivity index (χ3n) is 17.6. The lowest BCUT2D eigenvalue weighted by Gasteiger charge is -2.39. The maximum Gasteiger partial charge on any atom is 0.325 e. The van der Waals surface area contributed by atoms with Gasteiger partial charge in [-0.2, -0.15) is 0 Å². The lowest BCUT2D eigenvalue weighted by atomic mass is 9.97. The highest BCUT2D eigenvalue weighted by Gasteiger charge is 2.45. The largest absolute Gasteiger partial charge is 0.480 e. The molecule has 4 bridgehead atoms. The number of carboxylic acids is 1. The molecule has 6 fully saturated rings. The zero-order chi connectivity index (χ0) is 62.9. The van der Waals surface area contributed by atoms with Gasteiger partial charge in [0.05, 0.1) is 29.5 Å². The number of benzene rings is 4. The minimum atomic E-state index is -1.17. The van der Waals surface area contributed by atoms with Gasteiger partial charge in [0.15, 0.2) is 21.9 Å². The molecular weight excluding hydrogens is 1280 g/mol. The fourth-order valence-electron chi connectivity index (χ4n) is 13.3. The molecule has 4 unspecified atom stereocenters. The van der Waals surface area contributed by atoms with Crippen molar-refractivity contribution in [2.24, 2.45) is 0 Å². The van der Waals surface area contributed by atoms with Gasteiger partial charge in [-0.3, -0.25) is 19.2 Å². The Morgan fingerprint density at radius 3 is 1.37 bits per heavy atom. The number of rotatable bonds is 18. The smallest absolute Gasteiger partial charge is 0.325 e. The number of ether oxygens (including phenoxy) is 1. The first-order valence-electron chi connectivity index (χ1n) is 30.3. The minimum Gasteiger partial charge on any atom is -0.480 e. The van der Waals surface area contributed by atoms with Gasteiger partial charge in [-0.1, -0.05) is 91.5 Å². The van der Waals surface area contributed by atoms with Gasteiger partial charge >= 0.3 is 11.9 Å². The molecule has 0 radical (unpaired) electrons. The average molecular weight is 1350 g/mol. The predicted molar refractivity (Wildman–Crippen MR) is 343 cm³/mol. The molecule has 472 valence electrons. The Hall–Kier alpha value is -6.50. The Labute approximate surface area is 544 Å². The van der Waals surface area contributed by atoms with Crippen LogP contribution in [0.5, 0.6) is 0 Å². The number of nitrogens with one attached hydrogen (secondary N) is 4. The number of carbonyl (C=O) groups excluding carboxylic acids is 3. The van der Waals surface area contributed by atoms with Crippen LogP contribution in [0.1, 0.15) is 153 Å². The number of hydrogen-bond acceptors (Lipinski definition) is 17. The molecule has 2 aliphatic carbocycles. The number of carboxylic acid groups (broad SMARTS) is 1. The van der Waals surface area contributed by atoms with Gasteiger partial charge in [-0.15, -0.1) is 0 Å². The summed E-state index contributed by atoms with van der Waals surface area (Å²) in [6.07, 6.45) is 12.1. The van der Waals surface area contributed by atoms with Gasteiger partial charge in [-0.05, 0) is 146 Å². The van der Waals surface area contributed by atoms with E-state index in [1.807, 2.05) is 36.4 Å². The van der Waals surface area contributed by atoms with Gasteiger partial charge in [0.25, 0.3) is 11.8 Å². The molecule has 4 atom stereocenters. The number of halogens is 6. The number of carbonyl (C=O) groups is 4. The third-order valence-corrected chi connectivity index (χ3v) is 20.9. The molecule has 8 heterocycles. The number of nitrogens with zero attached hydrogens (tertiary/aromatic N) is 6. The number of thiazole rings is 2. The second-order valence-electron chi connectivity index (χ2n) is 25.1. The van der Waals surface area contributed by atoms with Crippen molar-refractivity contribution in [3.8, 4) is 22.5 Å². The van der Waals surface area contributed by atoms with E-state index in [9.17, 15) is 23.6 Å². The Morgan fingerprint density at radius 1 is 0.611 bits per heavy atom. The zero-order valence-electron chi connectivity index (χ0n) is 49.3. The number of piperidine rings is 2. The molecule has 4 aliphatic heterocycles. The van der Waals surface area contributed by atoms with Crippen LogP contribution in [0.15, 0.2) is 69.7 Å². The van der Waals surface area contributed by atoms with Crippen LogP contribution in [0.4, 0.5) is 19.0 Å². The molecule has 4 aromatic heterocycles. The number of aromatic nitrogens is 4. The summed E-state index contributed by atoms with van der Waals surface area (Å²) in [5, 5.41) is 33.7. The van der Waals surface area contributed by atoms with E-state index in [0.29, 0.717) is 76.9 Å². The first-order chi connectivity index (χ1) is 43.2. The van der Waals surface area contributed by atoms with Crippen LogP contribution in [-0.4, -0.2) is 104 Å². The van der Waals surface area contributed by atoms with E-state index in [1.165, 1.54) is 28.7 Å². The summed E-state index contributed by atoms with van der Waals surface area (Å²) in [5.41, 5.74) is 4.83. The fourth-order valence-corrected chi connectivity index (χ4v) is 16.8. The van der Waals surface area contributed by atoms with Crippen LogP contribution >= 0.6 is 69.1 Å². The number of amides is 2. The number of hydrogen-bond donors (Lipinski definition) is 5. The Kier molecular flexibility index (Phi) is 17.7. The Bertz CT molecular complexity index is 4040. The molecule has 2 saturated carbocycles. The number of anilines is 2. The molecule has 18 nitrogen and oxygen atoms in total. The molecule has 90 heavy (non-hydrogen) atoms. The fraction of sp³-hybridized carbons (Fsp3) is 0.438. The van der Waals surface area contributed by atoms with Crippen LogP contribution in [0.2, 0.25) is 20.1 Å². The normalized spacial score (nSPS) is 21.2. The van der Waals surface area contributed by atoms with Crippen molar-refractivity contribution in [1.82, 2.24) is 41.5 Å². The molecule has 2 amide bonds. The van der Waals surface area contributed by atoms with Crippen molar-refractivity contribution in [1.29, 1.82) is 0 Å². The topological polar surface area (TPSA) is 230 Å². The number of aliphatic carboxylic acids is 1. The van der Waals surface area contributed by atoms with E-state index < -0.39 is 47.5 Å². The van der Waals surface area contributed by atoms with Gasteiger partial charge in [-0.25, -0.2) is 18.7 Å². The van der Waals surface area contributed by atoms with Crippen molar-refractivity contribution in [3.63, 3.8) is 0 Å². The van der Waals surface area contributed by atoms with E-state index in [2.05, 4.69) is 46.4 Å². The zero-order valence-corrected chi connectivity index (χ0v) is 53.9. The van der Waals surface area contributed by atoms with Crippen molar-refractivity contribution >= 4 is 124 Å². The number of fused-ring (bicyclic) bond motifs is 6. The summed E-state index contributed by atoms with van der Waals surface area (Å²) in [6, 6.07) is 17.9. The van der Waals surface area contributed by atoms with E-state index in [0.717, 1.165) is 116 Å². The lowest BCUT2D eigenvalue weighted by molar-refractivity contribution is -0.153. The van der Waals surface area contributed by atoms with E-state index in [-0.39, 0.29) is 65.0 Å². The van der Waals surface area contributed by atoms with Gasteiger partial charge < -0.3 is 50.0 Å². The molecule has 8 aromatic rings. The second kappa shape index (κ2) is 25.5. The Balaban J connectivity index is 0.000000166. The summed E-state index contributed by atoms with van der Waals surface area (Å²) in [5.74, 6) is -1.49. The maximum absolute atomic E-state index is 15.2. The van der Waals surface area contributed by atoms with Crippen molar-refractivity contribution < 1.29 is 46.8 Å². The van der Waals surface area contributed by atoms with Crippen LogP contribution in [0.3, 0.4) is 0 Å². The van der Waals surface area contributed by atoms with E-state index in [4.69, 9.17) is 70.3 Å². The minimum absolute atomic E-state index is 0.0732. The summed E-state index contributed by atoms with van der Waals surface area (Å²) >= 11 is 28.9. The molecule has 14 rings (SSSR count). The molecule has 4 aromatic carbocycles. The van der Waals surface area contributed by atoms with E-state index in [1.54, 1.807) is 32.9 Å². The molecule has 4 saturated heterocycles. The monoisotopic (exact) mass is 1340 g/mol. The molecule has 5 N–H and O–H groups in total. The van der Waals surface area contributed by atoms with Gasteiger partial charge in [0.1, 0.15) is 52.6 Å². The third kappa shape index (κ3) is 13.1. The first kappa shape index (κ1) is 62.3. The maximum atomic E-state index is 15.2. The predicted octanol–water partition coefficient (Wildman–Crippen LogP) is 14.0. The van der Waals surface area contributed by atoms with Crippen LogP contribution in [0.25, 0.3) is 42.9 Å². The highest BCUT2D eigenvalue weighted by atomic mass is 35.5. The summed E-state index contributed by atoms with van der Waals surface area (Å²) < 4.78 is 48.3. The summed E-state index contributed by atoms with van der Waals surface area (Å²) in [6.45, 7) is 5.61. The summed E-state index contributed by atoms with van der Waals surface area (Å²) in [4.78, 5) is 62.0. The number of esters is 1. The van der Waals surface area contributed by atoms with Crippen molar-refractivity contribution in [2.45, 2.75) is 165 Å². The van der Waals surface area contributed by atoms with Gasteiger partial charge in [0, 0.05) is 94.6 Å². The Morgan fingerprint density at radius 2 is 1.00 bits per heavy atom. The van der Waals surface area contributed by atoms with Crippen LogP contribution < -0.4 is 31.1 Å². The molecular formula is C64H64Cl4F2N10O8S2. The van der Waals surface area contributed by atoms with Crippen molar-refractivity contribution in [3.05, 3.63) is 126 Å². The lowest BCUT2D eigenvalue weighted by Crippen LogP contribution is -2.49.